The van der Waals surface area contributed by atoms with Crippen molar-refractivity contribution >= 4 is 40.6 Å². The van der Waals surface area contributed by atoms with Crippen molar-refractivity contribution in [1.29, 1.82) is 0 Å². The van der Waals surface area contributed by atoms with Gasteiger partial charge in [0.1, 0.15) is 0 Å². The number of amides is 1. The van der Waals surface area contributed by atoms with Crippen molar-refractivity contribution in [3.63, 3.8) is 0 Å². The lowest BCUT2D eigenvalue weighted by atomic mass is 9.94. The number of aryl methyl sites for hydroxylation is 1. The molecule has 5 rings (SSSR count). The largest absolute Gasteiger partial charge is 0.462 e. The van der Waals surface area contributed by atoms with E-state index < -0.39 is 0 Å². The van der Waals surface area contributed by atoms with E-state index in [-0.39, 0.29) is 17.9 Å². The molecule has 6 nitrogen and oxygen atoms in total. The molecule has 1 saturated heterocycles. The molecule has 1 aliphatic heterocycles. The van der Waals surface area contributed by atoms with E-state index in [4.69, 9.17) is 9.73 Å². The Hall–Kier alpha value is -3.58. The second-order valence-electron chi connectivity index (χ2n) is 9.74. The summed E-state index contributed by atoms with van der Waals surface area (Å²) in [6, 6.07) is 19.6. The fraction of sp³-hybridized carbons (Fsp3) is 0.323. The van der Waals surface area contributed by atoms with Gasteiger partial charge >= 0.3 is 5.97 Å². The molecule has 2 aromatic carbocycles. The number of hydrogen-bond acceptors (Lipinski definition) is 5. The van der Waals surface area contributed by atoms with Gasteiger partial charge in [0, 0.05) is 23.1 Å². The molecule has 0 atom stereocenters. The Morgan fingerprint density at radius 3 is 2.45 bits per heavy atom. The first-order chi connectivity index (χ1) is 18.5. The summed E-state index contributed by atoms with van der Waals surface area (Å²) in [5, 5.41) is 0.766. The molecule has 0 N–H and O–H groups in total. The maximum atomic E-state index is 13.7. The van der Waals surface area contributed by atoms with Gasteiger partial charge in [0.15, 0.2) is 5.17 Å². The number of ether oxygens (including phenoxy) is 1. The molecule has 1 saturated carbocycles. The predicted octanol–water partition coefficient (Wildman–Crippen LogP) is 7.21. The van der Waals surface area contributed by atoms with Crippen LogP contribution in [0.1, 0.15) is 66.3 Å². The van der Waals surface area contributed by atoms with Crippen LogP contribution in [0.15, 0.2) is 70.6 Å². The molecule has 2 heterocycles. The molecule has 196 valence electrons. The first kappa shape index (κ1) is 26.0. The summed E-state index contributed by atoms with van der Waals surface area (Å²) >= 11 is 1.47. The highest BCUT2D eigenvalue weighted by atomic mass is 32.2. The zero-order valence-electron chi connectivity index (χ0n) is 22.1. The third-order valence-corrected chi connectivity index (χ3v) is 8.13. The molecule has 2 fully saturated rings. The highest BCUT2D eigenvalue weighted by molar-refractivity contribution is 8.18. The minimum Gasteiger partial charge on any atom is -0.462 e. The quantitative estimate of drug-likeness (QED) is 0.251. The maximum Gasteiger partial charge on any atom is 0.338 e. The topological polar surface area (TPSA) is 63.9 Å². The van der Waals surface area contributed by atoms with Crippen molar-refractivity contribution in [3.8, 4) is 5.69 Å². The number of carbonyl (C=O) groups is 2. The minimum atomic E-state index is -0.322. The molecular formula is C31H33N3O3S. The fourth-order valence-corrected chi connectivity index (χ4v) is 6.32. The lowest BCUT2D eigenvalue weighted by molar-refractivity contribution is -0.124. The van der Waals surface area contributed by atoms with Crippen molar-refractivity contribution in [2.75, 3.05) is 6.61 Å². The summed E-state index contributed by atoms with van der Waals surface area (Å²) in [6.07, 6.45) is 7.56. The van der Waals surface area contributed by atoms with Crippen LogP contribution >= 0.6 is 11.8 Å². The van der Waals surface area contributed by atoms with Crippen molar-refractivity contribution in [3.05, 3.63) is 88.1 Å². The van der Waals surface area contributed by atoms with E-state index in [1.165, 1.54) is 18.2 Å². The number of nitrogens with zero attached hydrogens (tertiary/aromatic N) is 3. The van der Waals surface area contributed by atoms with Gasteiger partial charge in [0.2, 0.25) is 0 Å². The van der Waals surface area contributed by atoms with Crippen molar-refractivity contribution in [2.24, 2.45) is 4.99 Å². The molecule has 0 bridgehead atoms. The Bertz CT molecular complexity index is 1380. The van der Waals surface area contributed by atoms with E-state index in [0.717, 1.165) is 59.2 Å². The van der Waals surface area contributed by atoms with Crippen LogP contribution in [0.25, 0.3) is 11.8 Å². The predicted molar refractivity (Wildman–Crippen MR) is 154 cm³/mol. The molecule has 3 aromatic rings. The lowest BCUT2D eigenvalue weighted by Gasteiger charge is -2.30. The van der Waals surface area contributed by atoms with Crippen LogP contribution in [-0.2, 0) is 9.53 Å². The standard InChI is InChI=1S/C31H33N3O3S/c1-4-37-30(36)23-15-17-27(18-16-23)33-21(2)19-24(22(33)3)20-28-29(35)34(26-13-9-6-10-14-26)31(38-28)32-25-11-7-5-8-12-25/h5,7-8,11-12,15-20,26H,4,6,9-10,13-14H2,1-3H3/b28-20-,32-31?. The fourth-order valence-electron chi connectivity index (χ4n) is 5.27. The van der Waals surface area contributed by atoms with Gasteiger partial charge in [-0.3, -0.25) is 9.69 Å². The second kappa shape index (κ2) is 11.4. The highest BCUT2D eigenvalue weighted by Crippen LogP contribution is 2.39. The van der Waals surface area contributed by atoms with Crippen LogP contribution in [0.4, 0.5) is 5.69 Å². The molecule has 0 unspecified atom stereocenters. The normalized spacial score (nSPS) is 18.5. The number of carbonyl (C=O) groups excluding carboxylic acids is 2. The van der Waals surface area contributed by atoms with Gasteiger partial charge in [-0.25, -0.2) is 9.79 Å². The van der Waals surface area contributed by atoms with E-state index >= 15 is 0 Å². The minimum absolute atomic E-state index is 0.0418. The molecule has 7 heteroatoms. The highest BCUT2D eigenvalue weighted by Gasteiger charge is 2.38. The third kappa shape index (κ3) is 5.34. The summed E-state index contributed by atoms with van der Waals surface area (Å²) in [7, 11) is 0. The number of hydrogen-bond donors (Lipinski definition) is 0. The van der Waals surface area contributed by atoms with Crippen LogP contribution in [-0.4, -0.2) is 39.2 Å². The number of para-hydroxylation sites is 1. The Kier molecular flexibility index (Phi) is 7.84. The van der Waals surface area contributed by atoms with Crippen molar-refractivity contribution in [1.82, 2.24) is 9.47 Å². The Balaban J connectivity index is 1.47. The van der Waals surface area contributed by atoms with Crippen molar-refractivity contribution < 1.29 is 14.3 Å². The van der Waals surface area contributed by atoms with Crippen LogP contribution in [0.3, 0.4) is 0 Å². The number of aliphatic imine (C=N–C) groups is 1. The summed E-state index contributed by atoms with van der Waals surface area (Å²) in [5.41, 5.74) is 5.42. The van der Waals surface area contributed by atoms with E-state index in [1.54, 1.807) is 19.1 Å². The van der Waals surface area contributed by atoms with E-state index in [2.05, 4.69) is 24.5 Å². The molecule has 0 spiro atoms. The Morgan fingerprint density at radius 2 is 1.76 bits per heavy atom. The average molecular weight is 528 g/mol. The second-order valence-corrected chi connectivity index (χ2v) is 10.7. The molecule has 38 heavy (non-hydrogen) atoms. The van der Waals surface area contributed by atoms with Gasteiger partial charge in [-0.15, -0.1) is 0 Å². The molecule has 1 aliphatic carbocycles. The molecule has 0 radical (unpaired) electrons. The molecule has 1 aromatic heterocycles. The first-order valence-corrected chi connectivity index (χ1v) is 14.1. The molecule has 2 aliphatic rings. The number of benzene rings is 2. The molecule has 1 amide bonds. The Labute approximate surface area is 228 Å². The first-order valence-electron chi connectivity index (χ1n) is 13.3. The third-order valence-electron chi connectivity index (χ3n) is 7.15. The van der Waals surface area contributed by atoms with Crippen LogP contribution in [0.2, 0.25) is 0 Å². The van der Waals surface area contributed by atoms with Gasteiger partial charge < -0.3 is 9.30 Å². The monoisotopic (exact) mass is 527 g/mol. The SMILES string of the molecule is CCOC(=O)c1ccc(-n2c(C)cc(/C=C3\SC(=Nc4ccccc4)N(C4CCCCC4)C3=O)c2C)cc1. The number of esters is 1. The van der Waals surface area contributed by atoms with Crippen LogP contribution < -0.4 is 0 Å². The zero-order valence-corrected chi connectivity index (χ0v) is 23.0. The number of rotatable bonds is 6. The summed E-state index contributed by atoms with van der Waals surface area (Å²) < 4.78 is 7.25. The van der Waals surface area contributed by atoms with E-state index in [1.807, 2.05) is 53.4 Å². The van der Waals surface area contributed by atoms with Gasteiger partial charge in [-0.05, 0) is 99.5 Å². The number of aromatic nitrogens is 1. The average Bonchev–Trinajstić information content (AvgIpc) is 3.39. The van der Waals surface area contributed by atoms with E-state index in [9.17, 15) is 9.59 Å². The maximum absolute atomic E-state index is 13.7. The summed E-state index contributed by atoms with van der Waals surface area (Å²) in [5.74, 6) is -0.280. The summed E-state index contributed by atoms with van der Waals surface area (Å²) in [4.78, 5) is 33.3. The van der Waals surface area contributed by atoms with Gasteiger partial charge in [0.05, 0.1) is 22.8 Å². The summed E-state index contributed by atoms with van der Waals surface area (Å²) in [6.45, 7) is 6.25. The van der Waals surface area contributed by atoms with Gasteiger partial charge in [-0.2, -0.15) is 0 Å². The van der Waals surface area contributed by atoms with Gasteiger partial charge in [-0.1, -0.05) is 37.5 Å². The Morgan fingerprint density at radius 1 is 1.05 bits per heavy atom. The van der Waals surface area contributed by atoms with E-state index in [0.29, 0.717) is 17.1 Å². The van der Waals surface area contributed by atoms with Gasteiger partial charge in [0.25, 0.3) is 5.91 Å². The number of amidine groups is 1. The van der Waals surface area contributed by atoms with Crippen LogP contribution in [0, 0.1) is 13.8 Å². The smallest absolute Gasteiger partial charge is 0.338 e. The number of thioether (sulfide) groups is 1. The zero-order chi connectivity index (χ0) is 26.6. The lowest BCUT2D eigenvalue weighted by Crippen LogP contribution is -2.40. The molecular weight excluding hydrogens is 494 g/mol. The van der Waals surface area contributed by atoms with Crippen LogP contribution in [0.5, 0.6) is 0 Å². The van der Waals surface area contributed by atoms with Crippen molar-refractivity contribution in [2.45, 2.75) is 58.9 Å².